The lowest BCUT2D eigenvalue weighted by atomic mass is 10.1. The number of nitrogens with one attached hydrogen (secondary N) is 1. The van der Waals surface area contributed by atoms with Gasteiger partial charge in [-0.1, -0.05) is 26.8 Å². The molecule has 152 valence electrons. The van der Waals surface area contributed by atoms with Gasteiger partial charge < -0.3 is 15.0 Å². The van der Waals surface area contributed by atoms with E-state index in [-0.39, 0.29) is 0 Å². The van der Waals surface area contributed by atoms with E-state index >= 15 is 0 Å². The third-order valence-corrected chi connectivity index (χ3v) is 4.85. The van der Waals surface area contributed by atoms with Crippen molar-refractivity contribution >= 4 is 11.6 Å². The number of pyridine rings is 1. The van der Waals surface area contributed by atoms with Gasteiger partial charge >= 0.3 is 0 Å². The maximum Gasteiger partial charge on any atom is 0.227 e. The average molecular weight is 392 g/mol. The molecule has 0 saturated heterocycles. The molecule has 2 heterocycles. The summed E-state index contributed by atoms with van der Waals surface area (Å²) in [4.78, 5) is 15.6. The van der Waals surface area contributed by atoms with E-state index in [1.807, 2.05) is 48.9 Å². The van der Waals surface area contributed by atoms with Crippen molar-refractivity contribution in [3.05, 3.63) is 60.7 Å². The number of anilines is 2. The van der Waals surface area contributed by atoms with Crippen LogP contribution in [0.4, 0.5) is 11.6 Å². The van der Waals surface area contributed by atoms with Crippen molar-refractivity contribution in [3.8, 4) is 16.9 Å². The molecule has 0 saturated carbocycles. The molecule has 0 aliphatic rings. The zero-order valence-corrected chi connectivity index (χ0v) is 17.4. The normalized spacial score (nSPS) is 10.9. The molecular formula is C23H29N5O. The Hall–Kier alpha value is -2.99. The Bertz CT molecular complexity index is 859. The van der Waals surface area contributed by atoms with Crippen molar-refractivity contribution in [2.45, 2.75) is 27.2 Å². The number of ether oxygens (including phenoxy) is 1. The molecule has 3 rings (SSSR count). The highest BCUT2D eigenvalue weighted by Crippen LogP contribution is 2.20. The lowest BCUT2D eigenvalue weighted by molar-refractivity contribution is 0.223. The molecule has 6 nitrogen and oxygen atoms in total. The van der Waals surface area contributed by atoms with E-state index in [1.54, 1.807) is 0 Å². The van der Waals surface area contributed by atoms with Crippen LogP contribution in [0.3, 0.4) is 0 Å². The quantitative estimate of drug-likeness (QED) is 0.546. The van der Waals surface area contributed by atoms with Crippen LogP contribution in [0, 0.1) is 0 Å². The molecule has 0 aliphatic heterocycles. The number of aromatic nitrogens is 3. The van der Waals surface area contributed by atoms with Gasteiger partial charge in [-0.2, -0.15) is 0 Å². The van der Waals surface area contributed by atoms with Crippen LogP contribution in [0.25, 0.3) is 11.1 Å². The van der Waals surface area contributed by atoms with Crippen LogP contribution in [0.1, 0.15) is 26.5 Å². The highest BCUT2D eigenvalue weighted by Gasteiger charge is 2.04. The van der Waals surface area contributed by atoms with E-state index in [4.69, 9.17) is 4.74 Å². The Labute approximate surface area is 173 Å². The molecule has 0 unspecified atom stereocenters. The minimum Gasteiger partial charge on any atom is -0.492 e. The highest BCUT2D eigenvalue weighted by molar-refractivity contribution is 5.62. The molecule has 29 heavy (non-hydrogen) atoms. The summed E-state index contributed by atoms with van der Waals surface area (Å²) in [6.07, 6.45) is 6.41. The fourth-order valence-electron chi connectivity index (χ4n) is 2.94. The molecule has 0 amide bonds. The van der Waals surface area contributed by atoms with Gasteiger partial charge in [0.15, 0.2) is 0 Å². The molecule has 6 heteroatoms. The van der Waals surface area contributed by atoms with Crippen LogP contribution >= 0.6 is 0 Å². The number of hydrogen-bond acceptors (Lipinski definition) is 6. The maximum atomic E-state index is 5.82. The first-order chi connectivity index (χ1) is 14.2. The third kappa shape index (κ3) is 5.99. The Morgan fingerprint density at radius 3 is 2.10 bits per heavy atom. The largest absolute Gasteiger partial charge is 0.492 e. The number of nitrogens with zero attached hydrogens (tertiary/aromatic N) is 4. The SMILES string of the molecule is CCc1ccc(-c2cnc(Nc3ccc(OCCN(CC)CC)cc3)nc2)cn1. The van der Waals surface area contributed by atoms with Gasteiger partial charge in [-0.15, -0.1) is 0 Å². The van der Waals surface area contributed by atoms with Crippen molar-refractivity contribution in [2.75, 3.05) is 31.6 Å². The number of rotatable bonds is 10. The Morgan fingerprint density at radius 2 is 1.52 bits per heavy atom. The fourth-order valence-corrected chi connectivity index (χ4v) is 2.94. The van der Waals surface area contributed by atoms with Gasteiger partial charge in [0.05, 0.1) is 0 Å². The van der Waals surface area contributed by atoms with Gasteiger partial charge in [0.25, 0.3) is 0 Å². The Balaban J connectivity index is 1.54. The summed E-state index contributed by atoms with van der Waals surface area (Å²) in [6, 6.07) is 11.9. The number of aryl methyl sites for hydroxylation is 1. The summed E-state index contributed by atoms with van der Waals surface area (Å²) >= 11 is 0. The van der Waals surface area contributed by atoms with Crippen LogP contribution in [0.15, 0.2) is 55.0 Å². The van der Waals surface area contributed by atoms with E-state index in [1.165, 1.54) is 0 Å². The Kier molecular flexibility index (Phi) is 7.53. The van der Waals surface area contributed by atoms with Crippen LogP contribution in [0.5, 0.6) is 5.75 Å². The molecule has 0 fully saturated rings. The summed E-state index contributed by atoms with van der Waals surface area (Å²) in [6.45, 7) is 10.1. The maximum absolute atomic E-state index is 5.82. The summed E-state index contributed by atoms with van der Waals surface area (Å²) in [5, 5.41) is 3.22. The molecule has 0 bridgehead atoms. The summed E-state index contributed by atoms with van der Waals surface area (Å²) in [5.41, 5.74) is 3.96. The number of benzene rings is 1. The van der Waals surface area contributed by atoms with Crippen molar-refractivity contribution in [3.63, 3.8) is 0 Å². The first-order valence-corrected chi connectivity index (χ1v) is 10.2. The molecule has 0 atom stereocenters. The summed E-state index contributed by atoms with van der Waals surface area (Å²) in [7, 11) is 0. The summed E-state index contributed by atoms with van der Waals surface area (Å²) in [5.74, 6) is 1.42. The second-order valence-corrected chi connectivity index (χ2v) is 6.71. The van der Waals surface area contributed by atoms with Gasteiger partial charge in [-0.05, 0) is 49.8 Å². The van der Waals surface area contributed by atoms with E-state index < -0.39 is 0 Å². The van der Waals surface area contributed by atoms with Gasteiger partial charge in [0.2, 0.25) is 5.95 Å². The van der Waals surface area contributed by atoms with Crippen LogP contribution in [-0.4, -0.2) is 46.1 Å². The minimum absolute atomic E-state index is 0.557. The zero-order valence-electron chi connectivity index (χ0n) is 17.4. The number of hydrogen-bond donors (Lipinski definition) is 1. The molecular weight excluding hydrogens is 362 g/mol. The number of likely N-dealkylation sites (N-methyl/N-ethyl adjacent to an activating group) is 1. The van der Waals surface area contributed by atoms with Crippen LogP contribution in [-0.2, 0) is 6.42 Å². The second kappa shape index (κ2) is 10.5. The van der Waals surface area contributed by atoms with E-state index in [0.29, 0.717) is 12.6 Å². The molecule has 0 spiro atoms. The predicted molar refractivity (Wildman–Crippen MR) is 118 cm³/mol. The molecule has 1 aromatic carbocycles. The molecule has 0 aliphatic carbocycles. The summed E-state index contributed by atoms with van der Waals surface area (Å²) < 4.78 is 5.82. The van der Waals surface area contributed by atoms with E-state index in [2.05, 4.69) is 52.0 Å². The smallest absolute Gasteiger partial charge is 0.227 e. The fraction of sp³-hybridized carbons (Fsp3) is 0.348. The van der Waals surface area contributed by atoms with E-state index in [0.717, 1.165) is 54.3 Å². The zero-order chi connectivity index (χ0) is 20.5. The topological polar surface area (TPSA) is 63.2 Å². The van der Waals surface area contributed by atoms with Crippen molar-refractivity contribution in [1.29, 1.82) is 0 Å². The standard InChI is InChI=1S/C23H29N5O/c1-4-20-8-7-18(15-24-20)19-16-25-23(26-17-19)27-21-9-11-22(12-10-21)29-14-13-28(5-2)6-3/h7-12,15-17H,4-6,13-14H2,1-3H3,(H,25,26,27). The molecule has 1 N–H and O–H groups in total. The van der Waals surface area contributed by atoms with Gasteiger partial charge in [0, 0.05) is 47.6 Å². The monoisotopic (exact) mass is 391 g/mol. The Morgan fingerprint density at radius 1 is 0.828 bits per heavy atom. The highest BCUT2D eigenvalue weighted by atomic mass is 16.5. The van der Waals surface area contributed by atoms with Gasteiger partial charge in [-0.3, -0.25) is 4.98 Å². The van der Waals surface area contributed by atoms with Gasteiger partial charge in [0.1, 0.15) is 12.4 Å². The predicted octanol–water partition coefficient (Wildman–Crippen LogP) is 4.57. The van der Waals surface area contributed by atoms with Crippen molar-refractivity contribution in [1.82, 2.24) is 19.9 Å². The average Bonchev–Trinajstić information content (AvgIpc) is 2.78. The van der Waals surface area contributed by atoms with E-state index in [9.17, 15) is 0 Å². The van der Waals surface area contributed by atoms with Crippen molar-refractivity contribution < 1.29 is 4.74 Å². The second-order valence-electron chi connectivity index (χ2n) is 6.71. The third-order valence-electron chi connectivity index (χ3n) is 4.85. The first kappa shape index (κ1) is 20.7. The molecule has 2 aromatic heterocycles. The van der Waals surface area contributed by atoms with Crippen LogP contribution < -0.4 is 10.1 Å². The van der Waals surface area contributed by atoms with Crippen LogP contribution in [0.2, 0.25) is 0 Å². The lowest BCUT2D eigenvalue weighted by Crippen LogP contribution is -2.27. The molecule has 3 aromatic rings. The molecule has 0 radical (unpaired) electrons. The minimum atomic E-state index is 0.557. The lowest BCUT2D eigenvalue weighted by Gasteiger charge is -2.18. The first-order valence-electron chi connectivity index (χ1n) is 10.2. The van der Waals surface area contributed by atoms with Crippen molar-refractivity contribution in [2.24, 2.45) is 0 Å². The van der Waals surface area contributed by atoms with Gasteiger partial charge in [-0.25, -0.2) is 9.97 Å².